The van der Waals surface area contributed by atoms with E-state index in [4.69, 9.17) is 0 Å². The van der Waals surface area contributed by atoms with Crippen LogP contribution in [0.2, 0.25) is 0 Å². The molecule has 6 nitrogen and oxygen atoms in total. The summed E-state index contributed by atoms with van der Waals surface area (Å²) in [4.78, 5) is 31.0. The highest BCUT2D eigenvalue weighted by molar-refractivity contribution is 5.95. The summed E-state index contributed by atoms with van der Waals surface area (Å²) < 4.78 is 1.92. The van der Waals surface area contributed by atoms with Crippen molar-refractivity contribution < 1.29 is 9.59 Å². The highest BCUT2D eigenvalue weighted by Crippen LogP contribution is 2.23. The number of rotatable bonds is 3. The molecule has 1 aromatic heterocycles. The Labute approximate surface area is 157 Å². The van der Waals surface area contributed by atoms with E-state index in [0.717, 1.165) is 17.7 Å². The number of nitrogens with zero attached hydrogens (tertiary/aromatic N) is 3. The molecule has 0 aliphatic carbocycles. The third kappa shape index (κ3) is 3.60. The Morgan fingerprint density at radius 1 is 1.00 bits per heavy atom. The lowest BCUT2D eigenvalue weighted by Gasteiger charge is -2.17. The van der Waals surface area contributed by atoms with Crippen molar-refractivity contribution in [2.75, 3.05) is 19.6 Å². The number of carbonyl (C=O) groups is 2. The minimum atomic E-state index is -0.223. The quantitative estimate of drug-likeness (QED) is 0.780. The van der Waals surface area contributed by atoms with Crippen molar-refractivity contribution in [2.45, 2.75) is 6.42 Å². The second-order valence-corrected chi connectivity index (χ2v) is 6.45. The van der Waals surface area contributed by atoms with Crippen LogP contribution in [-0.4, -0.2) is 45.9 Å². The Hall–Kier alpha value is -3.41. The van der Waals surface area contributed by atoms with Gasteiger partial charge in [-0.15, -0.1) is 0 Å². The molecule has 0 bridgehead atoms. The van der Waals surface area contributed by atoms with E-state index in [0.29, 0.717) is 24.6 Å². The van der Waals surface area contributed by atoms with Gasteiger partial charge in [-0.1, -0.05) is 48.5 Å². The molecule has 1 aliphatic heterocycles. The predicted molar refractivity (Wildman–Crippen MR) is 103 cm³/mol. The number of aromatic nitrogens is 2. The molecule has 0 atom stereocenters. The van der Waals surface area contributed by atoms with Crippen LogP contribution in [0.5, 0.6) is 0 Å². The van der Waals surface area contributed by atoms with E-state index in [-0.39, 0.29) is 18.4 Å². The normalized spacial score (nSPS) is 14.5. The number of carbonyl (C=O) groups excluding carboxylic acids is 2. The van der Waals surface area contributed by atoms with Gasteiger partial charge >= 0.3 is 0 Å². The van der Waals surface area contributed by atoms with E-state index in [1.165, 1.54) is 0 Å². The number of para-hydroxylation sites is 1. The number of nitrogens with one attached hydrogen (secondary N) is 1. The number of benzene rings is 2. The zero-order chi connectivity index (χ0) is 18.6. The van der Waals surface area contributed by atoms with Gasteiger partial charge in [0.05, 0.1) is 6.54 Å². The highest BCUT2D eigenvalue weighted by Gasteiger charge is 2.24. The van der Waals surface area contributed by atoms with Crippen molar-refractivity contribution in [3.05, 3.63) is 72.6 Å². The Kier molecular flexibility index (Phi) is 4.70. The molecule has 4 rings (SSSR count). The molecule has 1 aliphatic rings. The lowest BCUT2D eigenvalue weighted by molar-refractivity contribution is -0.121. The maximum absolute atomic E-state index is 13.0. The van der Waals surface area contributed by atoms with E-state index < -0.39 is 0 Å². The third-order valence-electron chi connectivity index (χ3n) is 4.54. The van der Waals surface area contributed by atoms with E-state index >= 15 is 0 Å². The maximum atomic E-state index is 13.0. The number of hydrogen-bond acceptors (Lipinski definition) is 3. The van der Waals surface area contributed by atoms with Crippen LogP contribution < -0.4 is 5.32 Å². The summed E-state index contributed by atoms with van der Waals surface area (Å²) in [5, 5.41) is 2.79. The van der Waals surface area contributed by atoms with Crippen molar-refractivity contribution in [3.8, 4) is 17.1 Å². The second kappa shape index (κ2) is 7.45. The molecule has 27 heavy (non-hydrogen) atoms. The fraction of sp³-hybridized carbons (Fsp3) is 0.190. The molecule has 1 fully saturated rings. The van der Waals surface area contributed by atoms with Gasteiger partial charge in [0.25, 0.3) is 5.91 Å². The Balaban J connectivity index is 1.75. The average molecular weight is 360 g/mol. The van der Waals surface area contributed by atoms with Crippen molar-refractivity contribution in [2.24, 2.45) is 0 Å². The second-order valence-electron chi connectivity index (χ2n) is 6.45. The predicted octanol–water partition coefficient (Wildman–Crippen LogP) is 2.50. The molecule has 2 amide bonds. The number of amides is 2. The largest absolute Gasteiger partial charge is 0.354 e. The first-order chi connectivity index (χ1) is 13.2. The number of hydrogen-bond donors (Lipinski definition) is 1. The van der Waals surface area contributed by atoms with Crippen molar-refractivity contribution in [1.29, 1.82) is 0 Å². The van der Waals surface area contributed by atoms with Crippen LogP contribution in [0.1, 0.15) is 16.9 Å². The van der Waals surface area contributed by atoms with Gasteiger partial charge in [-0.25, -0.2) is 4.98 Å². The SMILES string of the molecule is O=C1CN(C(=O)c2cn(-c3ccccc3)c(-c3ccccc3)n2)CCCN1. The van der Waals surface area contributed by atoms with E-state index in [2.05, 4.69) is 10.3 Å². The van der Waals surface area contributed by atoms with E-state index in [1.54, 1.807) is 11.1 Å². The lowest BCUT2D eigenvalue weighted by Crippen LogP contribution is -2.37. The van der Waals surface area contributed by atoms with Crippen molar-refractivity contribution >= 4 is 11.8 Å². The molecule has 136 valence electrons. The number of imidazole rings is 1. The Morgan fingerprint density at radius 3 is 2.44 bits per heavy atom. The first-order valence-electron chi connectivity index (χ1n) is 8.98. The standard InChI is InChI=1S/C21H20N4O2/c26-19-15-24(13-7-12-22-19)21(27)18-14-25(17-10-5-2-6-11-17)20(23-18)16-8-3-1-4-9-16/h1-6,8-11,14H,7,12-13,15H2,(H,22,26). The molecule has 0 radical (unpaired) electrons. The van der Waals surface area contributed by atoms with Gasteiger partial charge in [-0.2, -0.15) is 0 Å². The molecule has 2 aromatic carbocycles. The van der Waals surface area contributed by atoms with Crippen LogP contribution in [-0.2, 0) is 4.79 Å². The molecule has 1 N–H and O–H groups in total. The minimum absolute atomic E-state index is 0.0672. The van der Waals surface area contributed by atoms with Crippen LogP contribution >= 0.6 is 0 Å². The smallest absolute Gasteiger partial charge is 0.274 e. The van der Waals surface area contributed by atoms with Gasteiger partial charge in [0.15, 0.2) is 0 Å². The van der Waals surface area contributed by atoms with Crippen LogP contribution in [0.15, 0.2) is 66.9 Å². The van der Waals surface area contributed by atoms with Crippen molar-refractivity contribution in [3.63, 3.8) is 0 Å². The molecule has 6 heteroatoms. The van der Waals surface area contributed by atoms with E-state index in [9.17, 15) is 9.59 Å². The molecule has 1 saturated heterocycles. The third-order valence-corrected chi connectivity index (χ3v) is 4.54. The minimum Gasteiger partial charge on any atom is -0.354 e. The summed E-state index contributed by atoms with van der Waals surface area (Å²) in [6, 6.07) is 19.6. The monoisotopic (exact) mass is 360 g/mol. The Bertz CT molecular complexity index is 894. The molecular formula is C21H20N4O2. The molecule has 2 heterocycles. The van der Waals surface area contributed by atoms with Gasteiger partial charge < -0.3 is 10.2 Å². The van der Waals surface area contributed by atoms with Crippen LogP contribution in [0.25, 0.3) is 17.1 Å². The fourth-order valence-electron chi connectivity index (χ4n) is 3.20. The van der Waals surface area contributed by atoms with Crippen LogP contribution in [0.4, 0.5) is 0 Å². The highest BCUT2D eigenvalue weighted by atomic mass is 16.2. The van der Waals surface area contributed by atoms with Gasteiger partial charge in [0.1, 0.15) is 11.5 Å². The fourth-order valence-corrected chi connectivity index (χ4v) is 3.20. The van der Waals surface area contributed by atoms with Gasteiger partial charge in [-0.05, 0) is 18.6 Å². The van der Waals surface area contributed by atoms with Gasteiger partial charge in [-0.3, -0.25) is 14.2 Å². The molecule has 0 spiro atoms. The first-order valence-corrected chi connectivity index (χ1v) is 8.98. The Morgan fingerprint density at radius 2 is 1.70 bits per heavy atom. The van der Waals surface area contributed by atoms with Gasteiger partial charge in [0, 0.05) is 30.5 Å². The molecule has 0 saturated carbocycles. The van der Waals surface area contributed by atoms with Crippen LogP contribution in [0.3, 0.4) is 0 Å². The molecule has 0 unspecified atom stereocenters. The molecular weight excluding hydrogens is 340 g/mol. The summed E-state index contributed by atoms with van der Waals surface area (Å²) >= 11 is 0. The van der Waals surface area contributed by atoms with E-state index in [1.807, 2.05) is 65.2 Å². The topological polar surface area (TPSA) is 67.2 Å². The van der Waals surface area contributed by atoms with Crippen LogP contribution in [0, 0.1) is 0 Å². The summed E-state index contributed by atoms with van der Waals surface area (Å²) in [7, 11) is 0. The first kappa shape index (κ1) is 17.0. The zero-order valence-corrected chi connectivity index (χ0v) is 14.8. The summed E-state index contributed by atoms with van der Waals surface area (Å²) in [5.74, 6) is 0.343. The maximum Gasteiger partial charge on any atom is 0.274 e. The summed E-state index contributed by atoms with van der Waals surface area (Å²) in [5.41, 5.74) is 2.19. The summed E-state index contributed by atoms with van der Waals surface area (Å²) in [6.45, 7) is 1.20. The lowest BCUT2D eigenvalue weighted by atomic mass is 10.2. The average Bonchev–Trinajstić information content (AvgIpc) is 3.05. The van der Waals surface area contributed by atoms with Gasteiger partial charge in [0.2, 0.25) is 5.91 Å². The molecule has 3 aromatic rings. The summed E-state index contributed by atoms with van der Waals surface area (Å²) in [6.07, 6.45) is 2.49. The van der Waals surface area contributed by atoms with Crippen molar-refractivity contribution in [1.82, 2.24) is 19.8 Å². The zero-order valence-electron chi connectivity index (χ0n) is 14.8.